The third-order valence-electron chi connectivity index (χ3n) is 4.67. The maximum Gasteiger partial charge on any atom is 0.279 e. The van der Waals surface area contributed by atoms with Crippen LogP contribution in [-0.2, 0) is 17.8 Å². The molecule has 0 spiro atoms. The molecule has 7 heteroatoms. The zero-order valence-electron chi connectivity index (χ0n) is 15.7. The van der Waals surface area contributed by atoms with E-state index in [1.54, 1.807) is 6.07 Å². The summed E-state index contributed by atoms with van der Waals surface area (Å²) in [5.74, 6) is 0. The van der Waals surface area contributed by atoms with Crippen molar-refractivity contribution >= 4 is 22.0 Å². The molecule has 6 nitrogen and oxygen atoms in total. The largest absolute Gasteiger partial charge is 0.760 e. The molecule has 1 aromatic heterocycles. The smallest absolute Gasteiger partial charge is 0.279 e. The van der Waals surface area contributed by atoms with E-state index < -0.39 is 11.3 Å². The normalized spacial score (nSPS) is 12.4. The predicted octanol–water partition coefficient (Wildman–Crippen LogP) is 3.28. The maximum atomic E-state index is 13.0. The molecule has 0 fully saturated rings. The average Bonchev–Trinajstić information content (AvgIpc) is 2.75. The highest BCUT2D eigenvalue weighted by molar-refractivity contribution is 7.76. The van der Waals surface area contributed by atoms with E-state index >= 15 is 0 Å². The number of fused-ring (bicyclic) bond motifs is 1. The van der Waals surface area contributed by atoms with Gasteiger partial charge in [0, 0.05) is 28.8 Å². The van der Waals surface area contributed by atoms with Crippen LogP contribution in [-0.4, -0.2) is 29.9 Å². The van der Waals surface area contributed by atoms with E-state index in [2.05, 4.69) is 5.10 Å². The summed E-state index contributed by atoms with van der Waals surface area (Å²) < 4.78 is 24.9. The van der Waals surface area contributed by atoms with Crippen LogP contribution in [0.1, 0.15) is 5.56 Å². The van der Waals surface area contributed by atoms with E-state index in [1.165, 1.54) is 16.0 Å². The van der Waals surface area contributed by atoms with Crippen LogP contribution < -0.4 is 5.56 Å². The minimum Gasteiger partial charge on any atom is -0.760 e. The Morgan fingerprint density at radius 3 is 2.38 bits per heavy atom. The van der Waals surface area contributed by atoms with Gasteiger partial charge in [-0.1, -0.05) is 54.6 Å². The van der Waals surface area contributed by atoms with Crippen molar-refractivity contribution in [3.05, 3.63) is 94.8 Å². The van der Waals surface area contributed by atoms with E-state index in [-0.39, 0.29) is 12.1 Å². The van der Waals surface area contributed by atoms with Crippen molar-refractivity contribution in [2.75, 3.05) is 7.05 Å². The third-order valence-corrected chi connectivity index (χ3v) is 5.30. The van der Waals surface area contributed by atoms with Crippen molar-refractivity contribution in [1.82, 2.24) is 14.1 Å². The Morgan fingerprint density at radius 1 is 0.966 bits per heavy atom. The van der Waals surface area contributed by atoms with Crippen molar-refractivity contribution in [2.45, 2.75) is 6.54 Å². The number of hydrogen-bond acceptors (Lipinski definition) is 4. The molecule has 0 amide bonds. The molecule has 1 atom stereocenters. The maximum absolute atomic E-state index is 13.0. The van der Waals surface area contributed by atoms with Crippen molar-refractivity contribution in [2.24, 2.45) is 0 Å². The highest BCUT2D eigenvalue weighted by Crippen LogP contribution is 2.26. The van der Waals surface area contributed by atoms with Gasteiger partial charge in [-0.25, -0.2) is 4.31 Å². The zero-order valence-corrected chi connectivity index (χ0v) is 16.5. The summed E-state index contributed by atoms with van der Waals surface area (Å²) in [6.07, 6.45) is 0. The molecule has 0 aliphatic heterocycles. The average molecular weight is 404 g/mol. The number of nitrogens with zero attached hydrogens (tertiary/aromatic N) is 3. The SMILES string of the molecule is CN(Cc1cccc(-c2nn(-c3ccccc3)c(=O)c3ccccc23)c1)S(=O)[O-]. The summed E-state index contributed by atoms with van der Waals surface area (Å²) in [4.78, 5) is 13.0. The lowest BCUT2D eigenvalue weighted by molar-refractivity contribution is 0.430. The van der Waals surface area contributed by atoms with Crippen molar-refractivity contribution < 1.29 is 8.76 Å². The summed E-state index contributed by atoms with van der Waals surface area (Å²) in [6.45, 7) is 0.250. The van der Waals surface area contributed by atoms with Crippen LogP contribution >= 0.6 is 0 Å². The van der Waals surface area contributed by atoms with Gasteiger partial charge in [-0.2, -0.15) is 9.78 Å². The molecule has 0 aliphatic rings. The van der Waals surface area contributed by atoms with Crippen LogP contribution in [0.2, 0.25) is 0 Å². The molecule has 3 aromatic carbocycles. The minimum absolute atomic E-state index is 0.187. The topological polar surface area (TPSA) is 78.3 Å². The molecule has 1 heterocycles. The Morgan fingerprint density at radius 2 is 1.66 bits per heavy atom. The summed E-state index contributed by atoms with van der Waals surface area (Å²) in [5.41, 5.74) is 2.80. The lowest BCUT2D eigenvalue weighted by Gasteiger charge is -2.19. The van der Waals surface area contributed by atoms with Gasteiger partial charge in [-0.05, 0) is 36.9 Å². The second kappa shape index (κ2) is 8.08. The number of benzene rings is 3. The second-order valence-electron chi connectivity index (χ2n) is 6.65. The van der Waals surface area contributed by atoms with Gasteiger partial charge in [0.25, 0.3) is 5.56 Å². The molecule has 4 aromatic rings. The van der Waals surface area contributed by atoms with Crippen LogP contribution in [0.15, 0.2) is 83.7 Å². The fraction of sp³-hybridized carbons (Fsp3) is 0.0909. The van der Waals surface area contributed by atoms with Crippen molar-refractivity contribution in [3.63, 3.8) is 0 Å². The Kier molecular flexibility index (Phi) is 5.35. The Balaban J connectivity index is 1.91. The minimum atomic E-state index is -2.29. The molecule has 0 N–H and O–H groups in total. The molecule has 0 radical (unpaired) electrons. The van der Waals surface area contributed by atoms with E-state index in [4.69, 9.17) is 0 Å². The van der Waals surface area contributed by atoms with Gasteiger partial charge in [0.05, 0.1) is 16.8 Å². The van der Waals surface area contributed by atoms with Gasteiger partial charge in [-0.3, -0.25) is 9.00 Å². The Bertz CT molecular complexity index is 1260. The fourth-order valence-electron chi connectivity index (χ4n) is 3.27. The van der Waals surface area contributed by atoms with Crippen LogP contribution in [0.25, 0.3) is 27.7 Å². The standard InChI is InChI=1S/C22H19N3O3S/c1-24(29(27)28)15-16-8-7-9-17(14-16)21-19-12-5-6-13-20(19)22(26)25(23-21)18-10-3-2-4-11-18/h2-14H,15H2,1H3,(H,27,28)/p-1. The molecule has 0 saturated heterocycles. The van der Waals surface area contributed by atoms with Gasteiger partial charge in [-0.15, -0.1) is 0 Å². The summed E-state index contributed by atoms with van der Waals surface area (Å²) >= 11 is -2.29. The van der Waals surface area contributed by atoms with Gasteiger partial charge in [0.1, 0.15) is 0 Å². The molecule has 0 aliphatic carbocycles. The first kappa shape index (κ1) is 19.2. The predicted molar refractivity (Wildman–Crippen MR) is 113 cm³/mol. The summed E-state index contributed by atoms with van der Waals surface area (Å²) in [6, 6.07) is 24.2. The monoisotopic (exact) mass is 404 g/mol. The first-order valence-electron chi connectivity index (χ1n) is 9.02. The lowest BCUT2D eigenvalue weighted by atomic mass is 10.0. The number of para-hydroxylation sites is 1. The third kappa shape index (κ3) is 3.88. The van der Waals surface area contributed by atoms with E-state index in [0.717, 1.165) is 16.5 Å². The summed E-state index contributed by atoms with van der Waals surface area (Å²) in [7, 11) is 1.51. The van der Waals surface area contributed by atoms with E-state index in [9.17, 15) is 13.6 Å². The van der Waals surface area contributed by atoms with Crippen LogP contribution in [0.3, 0.4) is 0 Å². The molecule has 4 rings (SSSR count). The summed E-state index contributed by atoms with van der Waals surface area (Å²) in [5, 5.41) is 5.99. The fourth-order valence-corrected chi connectivity index (χ4v) is 3.53. The van der Waals surface area contributed by atoms with Gasteiger partial charge >= 0.3 is 0 Å². The molecule has 0 bridgehead atoms. The first-order chi connectivity index (χ1) is 14.0. The Labute approximate surface area is 170 Å². The van der Waals surface area contributed by atoms with Crippen LogP contribution in [0, 0.1) is 0 Å². The Hall–Kier alpha value is -3.13. The number of aromatic nitrogens is 2. The zero-order chi connectivity index (χ0) is 20.4. The number of rotatable bonds is 5. The van der Waals surface area contributed by atoms with Crippen molar-refractivity contribution in [1.29, 1.82) is 0 Å². The molecule has 29 heavy (non-hydrogen) atoms. The second-order valence-corrected chi connectivity index (χ2v) is 7.71. The quantitative estimate of drug-likeness (QED) is 0.478. The molecular formula is C22H18N3O3S-. The van der Waals surface area contributed by atoms with E-state index in [1.807, 2.05) is 72.8 Å². The highest BCUT2D eigenvalue weighted by atomic mass is 32.2. The molecule has 0 saturated carbocycles. The highest BCUT2D eigenvalue weighted by Gasteiger charge is 2.13. The number of hydrogen-bond donors (Lipinski definition) is 0. The van der Waals surface area contributed by atoms with Crippen LogP contribution in [0.4, 0.5) is 0 Å². The van der Waals surface area contributed by atoms with Crippen molar-refractivity contribution in [3.8, 4) is 16.9 Å². The van der Waals surface area contributed by atoms with Gasteiger partial charge in [0.15, 0.2) is 0 Å². The van der Waals surface area contributed by atoms with Crippen LogP contribution in [0.5, 0.6) is 0 Å². The molecule has 1 unspecified atom stereocenters. The lowest BCUT2D eigenvalue weighted by Crippen LogP contribution is -2.22. The van der Waals surface area contributed by atoms with E-state index in [0.29, 0.717) is 16.8 Å². The first-order valence-corrected chi connectivity index (χ1v) is 10.0. The molecule has 146 valence electrons. The molecular weight excluding hydrogens is 386 g/mol. The van der Waals surface area contributed by atoms with Gasteiger partial charge < -0.3 is 4.55 Å². The van der Waals surface area contributed by atoms with Gasteiger partial charge in [0.2, 0.25) is 0 Å².